The van der Waals surface area contributed by atoms with Crippen LogP contribution in [0.3, 0.4) is 0 Å². The molecule has 2 fully saturated rings. The van der Waals surface area contributed by atoms with E-state index in [1.54, 1.807) is 19.1 Å². The van der Waals surface area contributed by atoms with E-state index >= 15 is 0 Å². The van der Waals surface area contributed by atoms with E-state index in [0.29, 0.717) is 20.6 Å². The van der Waals surface area contributed by atoms with Gasteiger partial charge in [0.15, 0.2) is 10.3 Å². The molecule has 72 heavy (non-hydrogen) atoms. The van der Waals surface area contributed by atoms with Crippen LogP contribution in [0.5, 0.6) is 0 Å². The van der Waals surface area contributed by atoms with E-state index in [1.807, 2.05) is 15.6 Å². The number of nitrogen functional groups attached to an aromatic ring is 3. The van der Waals surface area contributed by atoms with Gasteiger partial charge in [0.2, 0.25) is 10.6 Å². The number of aryl methyl sites for hydroxylation is 1. The van der Waals surface area contributed by atoms with Gasteiger partial charge in [-0.3, -0.25) is 39.9 Å². The van der Waals surface area contributed by atoms with Crippen LogP contribution in [-0.2, 0) is 14.3 Å². The zero-order chi connectivity index (χ0) is 54.2. The van der Waals surface area contributed by atoms with Crippen molar-refractivity contribution in [2.24, 2.45) is 4.99 Å². The number of imide groups is 2. The summed E-state index contributed by atoms with van der Waals surface area (Å²) in [6.07, 6.45) is 2.63. The van der Waals surface area contributed by atoms with Crippen molar-refractivity contribution < 1.29 is 43.7 Å². The van der Waals surface area contributed by atoms with E-state index in [1.165, 1.54) is 24.9 Å². The molecule has 0 aromatic carbocycles. The number of aliphatic hydroxyl groups excluding tert-OH is 2. The van der Waals surface area contributed by atoms with Crippen LogP contribution in [0.1, 0.15) is 12.1 Å². The van der Waals surface area contributed by atoms with Gasteiger partial charge >= 0.3 is 41.0 Å². The minimum Gasteiger partial charge on any atom is -0.394 e. The monoisotopic (exact) mass is 1160 g/mol. The number of aromatic amines is 2. The first-order valence-corrected chi connectivity index (χ1v) is 21.5. The number of hydrogen-bond donors (Lipinski definition) is 9. The van der Waals surface area contributed by atoms with Gasteiger partial charge in [-0.25, -0.2) is 54.3 Å². The van der Waals surface area contributed by atoms with Gasteiger partial charge in [0.25, 0.3) is 5.56 Å². The van der Waals surface area contributed by atoms with Gasteiger partial charge in [-0.1, -0.05) is 69.6 Å². The highest BCUT2D eigenvalue weighted by molar-refractivity contribution is 6.61. The Kier molecular flexibility index (Phi) is 26.2. The number of anilines is 3. The third kappa shape index (κ3) is 21.6. The van der Waals surface area contributed by atoms with Gasteiger partial charge in [0.05, 0.1) is 12.7 Å². The predicted octanol–water partition coefficient (Wildman–Crippen LogP) is 1.91. The maximum absolute atomic E-state index is 11.6. The van der Waals surface area contributed by atoms with Crippen molar-refractivity contribution in [3.63, 3.8) is 0 Å². The fraction of sp³-hybridized carbons (Fsp3) is 0.206. The van der Waals surface area contributed by atoms with Crippen LogP contribution in [-0.4, -0.2) is 148 Å². The number of H-pyrrole nitrogens is 2. The van der Waals surface area contributed by atoms with E-state index in [9.17, 15) is 33.9 Å². The molecule has 0 spiro atoms. The number of ether oxygens (including phenoxy) is 1. The number of nitrogens with zero attached hydrogens (tertiary/aromatic N) is 14. The second-order valence-electron chi connectivity index (χ2n) is 12.6. The highest BCUT2D eigenvalue weighted by atomic mass is 35.5. The first-order valence-electron chi connectivity index (χ1n) is 18.5. The molecule has 0 saturated carbocycles. The highest BCUT2D eigenvalue weighted by Crippen LogP contribution is 2.24. The molecule has 382 valence electrons. The highest BCUT2D eigenvalue weighted by Gasteiger charge is 2.44. The van der Waals surface area contributed by atoms with E-state index in [4.69, 9.17) is 131 Å². The van der Waals surface area contributed by atoms with Crippen LogP contribution in [0, 0.1) is 6.92 Å². The van der Waals surface area contributed by atoms with E-state index in [0.717, 1.165) is 16.8 Å². The third-order valence-corrected chi connectivity index (χ3v) is 9.34. The van der Waals surface area contributed by atoms with Gasteiger partial charge in [-0.2, -0.15) is 14.6 Å². The summed E-state index contributed by atoms with van der Waals surface area (Å²) >= 11 is 43.4. The zero-order valence-electron chi connectivity index (χ0n) is 35.7. The predicted molar refractivity (Wildman–Crippen MR) is 260 cm³/mol. The lowest BCUT2D eigenvalue weighted by Gasteiger charge is -2.29. The Bertz CT molecular complexity index is 2850. The lowest BCUT2D eigenvalue weighted by molar-refractivity contribution is -0.121. The van der Waals surface area contributed by atoms with Crippen LogP contribution < -0.4 is 39.1 Å². The van der Waals surface area contributed by atoms with E-state index in [2.05, 4.69) is 59.4 Å². The number of amides is 6. The Morgan fingerprint density at radius 3 is 1.82 bits per heavy atom. The van der Waals surface area contributed by atoms with Crippen molar-refractivity contribution in [1.29, 1.82) is 0 Å². The maximum atomic E-state index is 11.6. The number of aliphatic hydroxyl groups is 2. The fourth-order valence-electron chi connectivity index (χ4n) is 4.36. The number of nitrogens with one attached hydrogen (secondary N) is 4. The quantitative estimate of drug-likeness (QED) is 0.0527. The number of rotatable bonds is 2. The van der Waals surface area contributed by atoms with Crippen molar-refractivity contribution in [3.8, 4) is 0 Å². The number of urea groups is 2. The second-order valence-corrected chi connectivity index (χ2v) is 15.5. The molecule has 2 saturated heterocycles. The molecule has 38 heteroatoms. The molecule has 5 aromatic rings. The van der Waals surface area contributed by atoms with Crippen molar-refractivity contribution in [1.82, 2.24) is 65.4 Å². The summed E-state index contributed by atoms with van der Waals surface area (Å²) in [6, 6.07) is 3.24. The van der Waals surface area contributed by atoms with Crippen LogP contribution in [0.25, 0.3) is 11.1 Å². The Morgan fingerprint density at radius 1 is 0.764 bits per heavy atom. The molecule has 6 amide bonds. The van der Waals surface area contributed by atoms with Crippen LogP contribution in [0.15, 0.2) is 51.6 Å². The Morgan fingerprint density at radius 2 is 1.38 bits per heavy atom. The number of hydrogen-bond acceptors (Lipinski definition) is 20. The zero-order valence-corrected chi connectivity index (χ0v) is 41.7. The average Bonchev–Trinajstić information content (AvgIpc) is 3.68. The summed E-state index contributed by atoms with van der Waals surface area (Å²) in [5.74, 6) is -1.62. The fourth-order valence-corrected chi connectivity index (χ4v) is 5.86. The standard InChI is InChI=1S/C9H12N4O5.C5H4Cl2N2.C4H3Cl2N3.2C4H2Cl2N2.C4H2N4O2.C4H6N4O2/c10-12-4-2-13(9(17)11-8(4)16)7-1-5(15)6(3-14)18-7;1-3-2-4(6)9-5(7)8-3;5-3-2(7)4(6)9-1-8-3;5-3-1-4(6)8-2-7-3;5-3-1-2-7-4(6)8-3;5-8-2-1-6-4(10)7-3(2)9;5-1-2(6)7-4(10)8-3(1)9/h5-7,14-15H,1-3H2,(H,11,16,17);2H,1H3;1H,7H2;2*1-2H;1H,(H,7,9,10);5H2,(H4,6,7,8,9,10)/t5-,6+,7+;;;;;;/m0....../s1. The summed E-state index contributed by atoms with van der Waals surface area (Å²) in [6.45, 7) is 1.23. The number of halogens is 8. The molecule has 0 aliphatic carbocycles. The molecule has 0 unspecified atom stereocenters. The molecule has 3 aliphatic rings. The molecule has 5 aromatic heterocycles. The van der Waals surface area contributed by atoms with Crippen molar-refractivity contribution in [3.05, 3.63) is 116 Å². The van der Waals surface area contributed by atoms with Crippen LogP contribution >= 0.6 is 92.8 Å². The minimum absolute atomic E-state index is 0.103. The Labute approximate surface area is 441 Å². The van der Waals surface area contributed by atoms with Gasteiger partial charge in [0.1, 0.15) is 75.6 Å². The Balaban J connectivity index is 0.000000294. The number of carbonyl (C=O) groups excluding carboxylic acids is 4. The van der Waals surface area contributed by atoms with Gasteiger partial charge in [0, 0.05) is 24.4 Å². The van der Waals surface area contributed by atoms with Gasteiger partial charge < -0.3 is 43.2 Å². The average molecular weight is 1160 g/mol. The molecule has 0 bridgehead atoms. The summed E-state index contributed by atoms with van der Waals surface area (Å²) in [5, 5.41) is 24.5. The van der Waals surface area contributed by atoms with E-state index in [-0.39, 0.29) is 69.1 Å². The number of nitrogens with two attached hydrogens (primary N) is 3. The molecular weight excluding hydrogens is 1130 g/mol. The molecule has 8 rings (SSSR count). The summed E-state index contributed by atoms with van der Waals surface area (Å²) in [4.78, 5) is 107. The number of aliphatic imine (C=N–C) groups is 1. The van der Waals surface area contributed by atoms with Crippen molar-refractivity contribution in [2.75, 3.05) is 30.4 Å². The van der Waals surface area contributed by atoms with Crippen molar-refractivity contribution in [2.45, 2.75) is 31.8 Å². The van der Waals surface area contributed by atoms with Crippen LogP contribution in [0.4, 0.5) is 26.8 Å². The lowest BCUT2D eigenvalue weighted by atomic mass is 10.1. The summed E-state index contributed by atoms with van der Waals surface area (Å²) in [5.41, 5.74) is 31.2. The molecule has 3 aliphatic heterocycles. The largest absolute Gasteiger partial charge is 0.397 e. The maximum Gasteiger partial charge on any atom is 0.397 e. The van der Waals surface area contributed by atoms with Crippen LogP contribution in [0.2, 0.25) is 41.5 Å². The number of aromatic nitrogens is 10. The molecule has 0 radical (unpaired) electrons. The first kappa shape index (κ1) is 61.2. The molecule has 12 N–H and O–H groups in total. The smallest absolute Gasteiger partial charge is 0.394 e. The molecule has 3 atom stereocenters. The Hall–Kier alpha value is -6.89. The van der Waals surface area contributed by atoms with E-state index < -0.39 is 53.6 Å². The third-order valence-electron chi connectivity index (χ3n) is 7.57. The topological polar surface area (TPSA) is 477 Å². The summed E-state index contributed by atoms with van der Waals surface area (Å²) in [7, 11) is 0. The lowest BCUT2D eigenvalue weighted by Crippen LogP contribution is -2.58. The molecule has 8 heterocycles. The van der Waals surface area contributed by atoms with Gasteiger partial charge in [-0.05, 0) is 42.3 Å². The number of carbonyl (C=O) groups is 4. The first-order chi connectivity index (χ1) is 33.9. The molecule has 30 nitrogen and oxygen atoms in total. The summed E-state index contributed by atoms with van der Waals surface area (Å²) < 4.78 is 5.28. The minimum atomic E-state index is -0.889. The SMILES string of the molecule is Cc1cc(Cl)nc(Cl)n1.Clc1cc(Cl)ncn1.Clc1ccnc(Cl)n1.Nc1[nH]c(=O)[nH]c(=O)c1N.Nc1c(Cl)ncnc1Cl.[N-]=[N+]=C1C=NC(=O)NC1=O.[N-]=[N+]=C1CN([C@H]2C[C@H](O)[C@@H](CO)O2)C(=O)NC1=O. The van der Waals surface area contributed by atoms with Crippen molar-refractivity contribution >= 4 is 152 Å². The second kappa shape index (κ2) is 30.8. The molecular formula is C34H31Cl8N21O9. The normalized spacial score (nSPS) is 16.2. The van der Waals surface area contributed by atoms with Gasteiger partial charge in [-0.15, -0.1) is 0 Å².